The van der Waals surface area contributed by atoms with Crippen molar-refractivity contribution in [2.24, 2.45) is 0 Å². The van der Waals surface area contributed by atoms with Crippen molar-refractivity contribution in [3.8, 4) is 5.75 Å². The standard InChI is InChI=1S/C10H8F2N2O3S/c1-16-8(15)4-2-5(17-9(11)12)7-6(3-4)18-10(13)14-7/h2-3,9H,1H3,(H2,13,14). The molecule has 1 heterocycles. The molecule has 0 fully saturated rings. The second kappa shape index (κ2) is 4.73. The van der Waals surface area contributed by atoms with Crippen molar-refractivity contribution in [3.63, 3.8) is 0 Å². The number of carbonyl (C=O) groups is 1. The molecule has 0 aliphatic heterocycles. The van der Waals surface area contributed by atoms with E-state index in [1.54, 1.807) is 0 Å². The van der Waals surface area contributed by atoms with Gasteiger partial charge in [-0.1, -0.05) is 11.3 Å². The molecule has 0 unspecified atom stereocenters. The predicted molar refractivity (Wildman–Crippen MR) is 62.0 cm³/mol. The van der Waals surface area contributed by atoms with Gasteiger partial charge in [-0.15, -0.1) is 0 Å². The van der Waals surface area contributed by atoms with Crippen molar-refractivity contribution in [3.05, 3.63) is 17.7 Å². The number of aromatic nitrogens is 1. The topological polar surface area (TPSA) is 74.4 Å². The second-order valence-electron chi connectivity index (χ2n) is 3.24. The van der Waals surface area contributed by atoms with Crippen LogP contribution in [0.4, 0.5) is 13.9 Å². The van der Waals surface area contributed by atoms with Gasteiger partial charge in [0.1, 0.15) is 5.52 Å². The summed E-state index contributed by atoms with van der Waals surface area (Å²) in [6.07, 6.45) is 0. The maximum absolute atomic E-state index is 12.3. The Labute approximate surface area is 104 Å². The monoisotopic (exact) mass is 274 g/mol. The van der Waals surface area contributed by atoms with Crippen LogP contribution in [0.15, 0.2) is 12.1 Å². The molecule has 0 radical (unpaired) electrons. The average molecular weight is 274 g/mol. The second-order valence-corrected chi connectivity index (χ2v) is 4.31. The van der Waals surface area contributed by atoms with Gasteiger partial charge in [-0.2, -0.15) is 8.78 Å². The summed E-state index contributed by atoms with van der Waals surface area (Å²) in [6.45, 7) is -3.01. The van der Waals surface area contributed by atoms with Crippen molar-refractivity contribution >= 4 is 32.7 Å². The number of ether oxygens (including phenoxy) is 2. The maximum atomic E-state index is 12.3. The highest BCUT2D eigenvalue weighted by molar-refractivity contribution is 7.22. The highest BCUT2D eigenvalue weighted by Gasteiger charge is 2.17. The third-order valence-electron chi connectivity index (χ3n) is 2.11. The Hall–Kier alpha value is -1.96. The highest BCUT2D eigenvalue weighted by atomic mass is 32.1. The van der Waals surface area contributed by atoms with Crippen LogP contribution >= 0.6 is 11.3 Å². The Morgan fingerprint density at radius 1 is 1.50 bits per heavy atom. The molecule has 18 heavy (non-hydrogen) atoms. The van der Waals surface area contributed by atoms with Gasteiger partial charge in [0, 0.05) is 0 Å². The molecule has 0 bridgehead atoms. The molecule has 0 aliphatic rings. The molecular formula is C10H8F2N2O3S. The van der Waals surface area contributed by atoms with Crippen LogP contribution in [0.2, 0.25) is 0 Å². The van der Waals surface area contributed by atoms with Gasteiger partial charge in [0.05, 0.1) is 17.4 Å². The summed E-state index contributed by atoms with van der Waals surface area (Å²) in [5, 5.41) is 0.200. The first-order chi connectivity index (χ1) is 8.51. The lowest BCUT2D eigenvalue weighted by Gasteiger charge is -2.06. The van der Waals surface area contributed by atoms with Crippen molar-refractivity contribution in [1.82, 2.24) is 4.98 Å². The van der Waals surface area contributed by atoms with Crippen LogP contribution in [0, 0.1) is 0 Å². The summed E-state index contributed by atoms with van der Waals surface area (Å²) in [5.41, 5.74) is 5.80. The third kappa shape index (κ3) is 2.33. The number of anilines is 1. The molecule has 5 nitrogen and oxygen atoms in total. The van der Waals surface area contributed by atoms with Crippen LogP contribution in [0.3, 0.4) is 0 Å². The fourth-order valence-electron chi connectivity index (χ4n) is 1.44. The van der Waals surface area contributed by atoms with E-state index >= 15 is 0 Å². The van der Waals surface area contributed by atoms with Gasteiger partial charge in [0.15, 0.2) is 10.9 Å². The number of thiazole rings is 1. The van der Waals surface area contributed by atoms with E-state index in [4.69, 9.17) is 5.73 Å². The van der Waals surface area contributed by atoms with Crippen LogP contribution in [-0.4, -0.2) is 24.7 Å². The number of nitrogens with zero attached hydrogens (tertiary/aromatic N) is 1. The first kappa shape index (κ1) is 12.5. The average Bonchev–Trinajstić information content (AvgIpc) is 2.68. The molecule has 0 amide bonds. The highest BCUT2D eigenvalue weighted by Crippen LogP contribution is 2.33. The quantitative estimate of drug-likeness (QED) is 0.869. The Morgan fingerprint density at radius 3 is 2.83 bits per heavy atom. The zero-order valence-electron chi connectivity index (χ0n) is 9.15. The minimum Gasteiger partial charge on any atom is -0.465 e. The molecule has 0 saturated carbocycles. The predicted octanol–water partition coefficient (Wildman–Crippen LogP) is 2.27. The SMILES string of the molecule is COC(=O)c1cc(OC(F)F)c2nc(N)sc2c1. The van der Waals surface area contributed by atoms with Gasteiger partial charge in [-0.05, 0) is 12.1 Å². The molecule has 1 aromatic heterocycles. The van der Waals surface area contributed by atoms with Crippen LogP contribution in [0.25, 0.3) is 10.2 Å². The van der Waals surface area contributed by atoms with E-state index in [1.165, 1.54) is 13.2 Å². The van der Waals surface area contributed by atoms with Crippen molar-refractivity contribution < 1.29 is 23.0 Å². The number of hydrogen-bond donors (Lipinski definition) is 1. The first-order valence-corrected chi connectivity index (χ1v) is 5.56. The minimum atomic E-state index is -3.01. The van der Waals surface area contributed by atoms with E-state index in [1.807, 2.05) is 0 Å². The molecular weight excluding hydrogens is 266 g/mol. The van der Waals surface area contributed by atoms with Gasteiger partial charge in [-0.3, -0.25) is 0 Å². The Kier molecular flexibility index (Phi) is 3.28. The lowest BCUT2D eigenvalue weighted by atomic mass is 10.2. The fraction of sp³-hybridized carbons (Fsp3) is 0.200. The Morgan fingerprint density at radius 2 is 2.22 bits per heavy atom. The van der Waals surface area contributed by atoms with E-state index in [9.17, 15) is 13.6 Å². The van der Waals surface area contributed by atoms with Gasteiger partial charge in [0.2, 0.25) is 0 Å². The number of esters is 1. The van der Waals surface area contributed by atoms with E-state index in [-0.39, 0.29) is 22.0 Å². The summed E-state index contributed by atoms with van der Waals surface area (Å²) >= 11 is 1.07. The van der Waals surface area contributed by atoms with Crippen LogP contribution in [0.1, 0.15) is 10.4 Å². The molecule has 0 aliphatic carbocycles. The number of hydrogen-bond acceptors (Lipinski definition) is 6. The number of benzene rings is 1. The lowest BCUT2D eigenvalue weighted by Crippen LogP contribution is -2.05. The summed E-state index contributed by atoms with van der Waals surface area (Å²) in [7, 11) is 1.20. The Bertz CT molecular complexity index is 600. The van der Waals surface area contributed by atoms with Crippen molar-refractivity contribution in [2.75, 3.05) is 12.8 Å². The molecule has 0 saturated heterocycles. The van der Waals surface area contributed by atoms with E-state index in [0.717, 1.165) is 17.4 Å². The number of nitrogen functional groups attached to an aromatic ring is 1. The van der Waals surface area contributed by atoms with E-state index in [2.05, 4.69) is 14.5 Å². The number of alkyl halides is 2. The molecule has 8 heteroatoms. The molecule has 2 rings (SSSR count). The van der Waals surface area contributed by atoms with E-state index < -0.39 is 12.6 Å². The summed E-state index contributed by atoms with van der Waals surface area (Å²) in [4.78, 5) is 15.3. The van der Waals surface area contributed by atoms with Gasteiger partial charge >= 0.3 is 12.6 Å². The minimum absolute atomic E-state index is 0.101. The van der Waals surface area contributed by atoms with E-state index in [0.29, 0.717) is 4.70 Å². The smallest absolute Gasteiger partial charge is 0.387 e. The Balaban J connectivity index is 2.60. The number of rotatable bonds is 3. The van der Waals surface area contributed by atoms with Gasteiger partial charge < -0.3 is 15.2 Å². The summed E-state index contributed by atoms with van der Waals surface area (Å²) < 4.78 is 33.9. The summed E-state index contributed by atoms with van der Waals surface area (Å²) in [6, 6.07) is 2.62. The molecule has 2 N–H and O–H groups in total. The zero-order valence-corrected chi connectivity index (χ0v) is 9.96. The number of methoxy groups -OCH3 is 1. The van der Waals surface area contributed by atoms with Crippen LogP contribution < -0.4 is 10.5 Å². The molecule has 96 valence electrons. The summed E-state index contributed by atoms with van der Waals surface area (Å²) in [5.74, 6) is -0.848. The maximum Gasteiger partial charge on any atom is 0.387 e. The number of halogens is 2. The van der Waals surface area contributed by atoms with Gasteiger partial charge in [-0.25, -0.2) is 9.78 Å². The zero-order chi connectivity index (χ0) is 13.3. The van der Waals surface area contributed by atoms with Crippen molar-refractivity contribution in [1.29, 1.82) is 0 Å². The van der Waals surface area contributed by atoms with Crippen LogP contribution in [-0.2, 0) is 4.74 Å². The molecule has 1 aromatic carbocycles. The number of carbonyl (C=O) groups excluding carboxylic acids is 1. The molecule has 0 spiro atoms. The first-order valence-electron chi connectivity index (χ1n) is 4.74. The van der Waals surface area contributed by atoms with Crippen LogP contribution in [0.5, 0.6) is 5.75 Å². The fourth-order valence-corrected chi connectivity index (χ4v) is 2.23. The largest absolute Gasteiger partial charge is 0.465 e. The molecule has 0 atom stereocenters. The lowest BCUT2D eigenvalue weighted by molar-refractivity contribution is -0.0489. The van der Waals surface area contributed by atoms with Crippen molar-refractivity contribution in [2.45, 2.75) is 6.61 Å². The normalized spacial score (nSPS) is 10.9. The van der Waals surface area contributed by atoms with Gasteiger partial charge in [0.25, 0.3) is 0 Å². The number of fused-ring (bicyclic) bond motifs is 1. The molecule has 2 aromatic rings. The number of nitrogens with two attached hydrogens (primary N) is 1. The third-order valence-corrected chi connectivity index (χ3v) is 2.95.